The minimum atomic E-state index is -3.91. The molecule has 0 fully saturated rings. The van der Waals surface area contributed by atoms with Crippen molar-refractivity contribution in [2.45, 2.75) is 49.7 Å². The number of nitrogens with zero attached hydrogens (tertiary/aromatic N) is 2. The summed E-state index contributed by atoms with van der Waals surface area (Å²) in [5.74, 6) is -0.741. The van der Waals surface area contributed by atoms with Gasteiger partial charge in [-0.25, -0.2) is 17.8 Å². The van der Waals surface area contributed by atoms with E-state index in [1.807, 2.05) is 33.0 Å². The number of aliphatic imine (C=N–C) groups is 1. The van der Waals surface area contributed by atoms with Crippen molar-refractivity contribution in [1.82, 2.24) is 5.32 Å². The van der Waals surface area contributed by atoms with Crippen LogP contribution in [0.2, 0.25) is 0 Å². The lowest BCUT2D eigenvalue weighted by atomic mass is 9.98. The van der Waals surface area contributed by atoms with Crippen molar-refractivity contribution >= 4 is 44.2 Å². The number of hydrogen-bond donors (Lipinski definition) is 3. The van der Waals surface area contributed by atoms with E-state index in [9.17, 15) is 27.5 Å². The van der Waals surface area contributed by atoms with Crippen LogP contribution >= 0.6 is 11.8 Å². The number of carbonyl (C=O) groups excluding carboxylic acids is 2. The summed E-state index contributed by atoms with van der Waals surface area (Å²) < 4.78 is 40.5. The highest BCUT2D eigenvalue weighted by Crippen LogP contribution is 2.45. The summed E-state index contributed by atoms with van der Waals surface area (Å²) in [6, 6.07) is 10.5. The highest BCUT2D eigenvalue weighted by atomic mass is 32.2. The zero-order chi connectivity index (χ0) is 33.7. The Balaban J connectivity index is 1.31. The molecule has 2 aromatic carbocycles. The molecule has 0 spiro atoms. The van der Waals surface area contributed by atoms with Crippen molar-refractivity contribution in [3.05, 3.63) is 107 Å². The van der Waals surface area contributed by atoms with E-state index in [-0.39, 0.29) is 33.9 Å². The first-order valence-corrected chi connectivity index (χ1v) is 17.2. The molecule has 4 rings (SSSR count). The summed E-state index contributed by atoms with van der Waals surface area (Å²) in [7, 11) is -1.81. The van der Waals surface area contributed by atoms with Gasteiger partial charge in [-0.1, -0.05) is 36.1 Å². The summed E-state index contributed by atoms with van der Waals surface area (Å²) in [5, 5.41) is 13.6. The second-order valence-electron chi connectivity index (χ2n) is 12.0. The van der Waals surface area contributed by atoms with Gasteiger partial charge in [0.2, 0.25) is 5.12 Å². The number of carbonyl (C=O) groups is 2. The summed E-state index contributed by atoms with van der Waals surface area (Å²) in [4.78, 5) is 30.1. The van der Waals surface area contributed by atoms with Crippen LogP contribution in [0.15, 0.2) is 106 Å². The fraction of sp³-hybridized carbons (Fsp3) is 0.324. The van der Waals surface area contributed by atoms with Gasteiger partial charge in [0.25, 0.3) is 15.9 Å². The standard InChI is InChI=1S/C34H39FN4O5S2/c1-6-23(2)19-34(4)31(40)30(33(42)45-34)9-7-8-18-39(5)21-24(3)37-28(22-39)20-36-32(41)25-10-14-27(15-11-25)38-46(43,44)29-16-12-26(35)13-17-29/h6,10-17,19,22H,1,7-9,18,20-21H2,2-5H3,(H2-,36,38,40,41,42)/p+1. The quantitative estimate of drug-likeness (QED) is 0.132. The minimum Gasteiger partial charge on any atom is -0.510 e. The predicted molar refractivity (Wildman–Crippen MR) is 182 cm³/mol. The largest absolute Gasteiger partial charge is 0.510 e. The van der Waals surface area contributed by atoms with Crippen molar-refractivity contribution < 1.29 is 32.0 Å². The SMILES string of the molecule is C=CC(C)=CC1(C)SC(=O)C(CCCC[N+]2(C)C=C(CNC(=O)c3ccc(NS(=O)(=O)c4ccc(F)cc4)cc3)N=C(C)C2)=C1O. The third kappa shape index (κ3) is 8.62. The van der Waals surface area contributed by atoms with Crippen LogP contribution in [0.25, 0.3) is 0 Å². The van der Waals surface area contributed by atoms with E-state index in [0.29, 0.717) is 22.0 Å². The van der Waals surface area contributed by atoms with Gasteiger partial charge in [0.15, 0.2) is 0 Å². The van der Waals surface area contributed by atoms with Crippen LogP contribution in [0.5, 0.6) is 0 Å². The number of anilines is 1. The van der Waals surface area contributed by atoms with E-state index in [4.69, 9.17) is 0 Å². The average Bonchev–Trinajstić information content (AvgIpc) is 3.20. The van der Waals surface area contributed by atoms with E-state index in [0.717, 1.165) is 66.8 Å². The van der Waals surface area contributed by atoms with Crippen LogP contribution in [0.3, 0.4) is 0 Å². The van der Waals surface area contributed by atoms with Crippen molar-refractivity contribution in [2.24, 2.45) is 4.99 Å². The molecule has 2 aromatic rings. The van der Waals surface area contributed by atoms with Crippen LogP contribution in [0.1, 0.15) is 50.4 Å². The molecular weight excluding hydrogens is 628 g/mol. The highest BCUT2D eigenvalue weighted by molar-refractivity contribution is 8.16. The number of nitrogens with one attached hydrogen (secondary N) is 2. The number of rotatable bonds is 13. The molecule has 0 radical (unpaired) electrons. The second kappa shape index (κ2) is 14.2. The first kappa shape index (κ1) is 34.9. The Bertz CT molecular complexity index is 1750. The zero-order valence-electron chi connectivity index (χ0n) is 26.5. The van der Waals surface area contributed by atoms with Gasteiger partial charge in [0.1, 0.15) is 30.0 Å². The maximum Gasteiger partial charge on any atom is 0.261 e. The predicted octanol–water partition coefficient (Wildman–Crippen LogP) is 6.27. The molecule has 9 nitrogen and oxygen atoms in total. The van der Waals surface area contributed by atoms with Gasteiger partial charge >= 0.3 is 0 Å². The molecule has 2 unspecified atom stereocenters. The molecule has 3 N–H and O–H groups in total. The first-order chi connectivity index (χ1) is 21.6. The van der Waals surface area contributed by atoms with Gasteiger partial charge in [-0.2, -0.15) is 0 Å². The van der Waals surface area contributed by atoms with Gasteiger partial charge in [-0.05, 0) is 88.6 Å². The average molecular weight is 668 g/mol. The Labute approximate surface area is 274 Å². The molecule has 2 heterocycles. The Morgan fingerprint density at radius 3 is 2.50 bits per heavy atom. The number of unbranched alkanes of at least 4 members (excludes halogenated alkanes) is 1. The number of thioether (sulfide) groups is 1. The summed E-state index contributed by atoms with van der Waals surface area (Å²) in [6.45, 7) is 11.2. The second-order valence-corrected chi connectivity index (χ2v) is 15.1. The molecule has 2 aliphatic heterocycles. The highest BCUT2D eigenvalue weighted by Gasteiger charge is 2.41. The summed E-state index contributed by atoms with van der Waals surface area (Å²) >= 11 is 1.13. The lowest BCUT2D eigenvalue weighted by molar-refractivity contribution is -0.851. The fourth-order valence-electron chi connectivity index (χ4n) is 5.54. The van der Waals surface area contributed by atoms with E-state index in [1.165, 1.54) is 36.4 Å². The van der Waals surface area contributed by atoms with Gasteiger partial charge in [0, 0.05) is 16.8 Å². The lowest BCUT2D eigenvalue weighted by Crippen LogP contribution is -2.45. The number of allylic oxidation sites excluding steroid dienone is 2. The number of sulfonamides is 1. The molecule has 46 heavy (non-hydrogen) atoms. The number of aliphatic hydroxyl groups is 1. The Hall–Kier alpha value is -4.00. The normalized spacial score (nSPS) is 21.9. The Kier molecular flexibility index (Phi) is 10.8. The van der Waals surface area contributed by atoms with Crippen LogP contribution in [0, 0.1) is 5.82 Å². The number of aliphatic hydroxyl groups excluding tert-OH is 1. The molecule has 2 aliphatic rings. The molecule has 0 saturated heterocycles. The lowest BCUT2D eigenvalue weighted by Gasteiger charge is -2.33. The molecular formula is C34H40FN4O5S2+. The zero-order valence-corrected chi connectivity index (χ0v) is 28.1. The van der Waals surface area contributed by atoms with Crippen LogP contribution in [-0.2, 0) is 14.8 Å². The van der Waals surface area contributed by atoms with Crippen LogP contribution in [0.4, 0.5) is 10.1 Å². The van der Waals surface area contributed by atoms with E-state index in [1.54, 1.807) is 6.08 Å². The smallest absolute Gasteiger partial charge is 0.261 e. The van der Waals surface area contributed by atoms with Crippen molar-refractivity contribution in [2.75, 3.05) is 31.4 Å². The maximum atomic E-state index is 13.2. The van der Waals surface area contributed by atoms with Crippen molar-refractivity contribution in [1.29, 1.82) is 0 Å². The molecule has 0 saturated carbocycles. The van der Waals surface area contributed by atoms with Gasteiger partial charge < -0.3 is 10.4 Å². The Morgan fingerprint density at radius 2 is 1.85 bits per heavy atom. The summed E-state index contributed by atoms with van der Waals surface area (Å²) in [5.41, 5.74) is 3.66. The minimum absolute atomic E-state index is 0.0763. The number of benzene rings is 2. The number of quaternary nitrogens is 1. The first-order valence-electron chi connectivity index (χ1n) is 14.9. The third-order valence-corrected chi connectivity index (χ3v) is 10.4. The maximum absolute atomic E-state index is 13.2. The third-order valence-electron chi connectivity index (χ3n) is 7.82. The van der Waals surface area contributed by atoms with Crippen molar-refractivity contribution in [3.8, 4) is 0 Å². The van der Waals surface area contributed by atoms with Crippen LogP contribution < -0.4 is 10.0 Å². The number of hydrogen-bond acceptors (Lipinski definition) is 7. The molecule has 0 aliphatic carbocycles. The topological polar surface area (TPSA) is 125 Å². The van der Waals surface area contributed by atoms with E-state index < -0.39 is 20.6 Å². The summed E-state index contributed by atoms with van der Waals surface area (Å²) in [6.07, 6.45) is 7.67. The van der Waals surface area contributed by atoms with Gasteiger partial charge in [0.05, 0.1) is 35.5 Å². The molecule has 1 amide bonds. The Morgan fingerprint density at radius 1 is 1.17 bits per heavy atom. The molecule has 244 valence electrons. The van der Waals surface area contributed by atoms with E-state index >= 15 is 0 Å². The number of halogens is 1. The number of amides is 1. The van der Waals surface area contributed by atoms with Crippen LogP contribution in [-0.4, -0.2) is 66.2 Å². The molecule has 12 heteroatoms. The van der Waals surface area contributed by atoms with Gasteiger partial charge in [-0.15, -0.1) is 0 Å². The molecule has 0 aromatic heterocycles. The monoisotopic (exact) mass is 667 g/mol. The van der Waals surface area contributed by atoms with Crippen molar-refractivity contribution in [3.63, 3.8) is 0 Å². The van der Waals surface area contributed by atoms with Gasteiger partial charge in [-0.3, -0.25) is 18.8 Å². The molecule has 2 atom stereocenters. The fourth-order valence-corrected chi connectivity index (χ4v) is 7.77. The molecule has 0 bridgehead atoms. The van der Waals surface area contributed by atoms with E-state index in [2.05, 4.69) is 28.7 Å².